The summed E-state index contributed by atoms with van der Waals surface area (Å²) in [6, 6.07) is 0.321. The number of nitrogens with one attached hydrogen (secondary N) is 1. The first-order chi connectivity index (χ1) is 5.29. The molecule has 66 valence electrons. The monoisotopic (exact) mass is 158 g/mol. The summed E-state index contributed by atoms with van der Waals surface area (Å²) in [6.45, 7) is 2.13. The Balaban J connectivity index is 2.51. The summed E-state index contributed by atoms with van der Waals surface area (Å²) in [5, 5.41) is 0. The van der Waals surface area contributed by atoms with Crippen molar-refractivity contribution in [2.75, 3.05) is 7.11 Å². The Labute approximate surface area is 68.3 Å². The van der Waals surface area contributed by atoms with E-state index in [1.807, 2.05) is 0 Å². The van der Waals surface area contributed by atoms with Crippen LogP contribution in [0.25, 0.3) is 0 Å². The van der Waals surface area contributed by atoms with Crippen LogP contribution in [0, 0.1) is 0 Å². The lowest BCUT2D eigenvalue weighted by Gasteiger charge is -2.45. The molecule has 1 atom stereocenters. The molecule has 0 saturated heterocycles. The van der Waals surface area contributed by atoms with Crippen LogP contribution in [0.5, 0.6) is 0 Å². The minimum Gasteiger partial charge on any atom is -0.377 e. The first kappa shape index (κ1) is 8.97. The largest absolute Gasteiger partial charge is 0.377 e. The average Bonchev–Trinajstić information content (AvgIpc) is 1.96. The lowest BCUT2D eigenvalue weighted by atomic mass is 9.74. The smallest absolute Gasteiger partial charge is 0.0844 e. The van der Waals surface area contributed by atoms with Gasteiger partial charge >= 0.3 is 0 Å². The Hall–Kier alpha value is -0.120. The molecule has 0 spiro atoms. The number of nitrogens with two attached hydrogens (primary N) is 1. The standard InChI is InChI=1S/C8H18N2O/c1-3-7(10-9)8(11-2)5-4-6-8/h7,10H,3-6,9H2,1-2H3. The normalized spacial score (nSPS) is 24.3. The third-order valence-electron chi connectivity index (χ3n) is 2.85. The van der Waals surface area contributed by atoms with E-state index in [0.717, 1.165) is 19.3 Å². The van der Waals surface area contributed by atoms with Gasteiger partial charge in [-0.25, -0.2) is 0 Å². The molecule has 0 aromatic carbocycles. The van der Waals surface area contributed by atoms with E-state index in [4.69, 9.17) is 10.6 Å². The van der Waals surface area contributed by atoms with Crippen molar-refractivity contribution < 1.29 is 4.74 Å². The lowest BCUT2D eigenvalue weighted by molar-refractivity contribution is -0.0990. The van der Waals surface area contributed by atoms with Gasteiger partial charge in [0.1, 0.15) is 0 Å². The van der Waals surface area contributed by atoms with E-state index < -0.39 is 0 Å². The van der Waals surface area contributed by atoms with Crippen molar-refractivity contribution in [1.29, 1.82) is 0 Å². The quantitative estimate of drug-likeness (QED) is 0.470. The number of ether oxygens (including phenoxy) is 1. The Morgan fingerprint density at radius 1 is 1.64 bits per heavy atom. The summed E-state index contributed by atoms with van der Waals surface area (Å²) in [5.74, 6) is 5.42. The molecule has 0 bridgehead atoms. The van der Waals surface area contributed by atoms with Crippen molar-refractivity contribution in [2.24, 2.45) is 5.84 Å². The van der Waals surface area contributed by atoms with E-state index in [1.165, 1.54) is 6.42 Å². The molecular weight excluding hydrogens is 140 g/mol. The van der Waals surface area contributed by atoms with Crippen LogP contribution in [0.3, 0.4) is 0 Å². The molecule has 0 amide bonds. The van der Waals surface area contributed by atoms with Crippen LogP contribution in [-0.2, 0) is 4.74 Å². The number of hydrazine groups is 1. The van der Waals surface area contributed by atoms with Gasteiger partial charge in [-0.05, 0) is 25.7 Å². The second-order valence-corrected chi connectivity index (χ2v) is 3.25. The predicted octanol–water partition coefficient (Wildman–Crippen LogP) is 0.797. The van der Waals surface area contributed by atoms with Gasteiger partial charge in [0.05, 0.1) is 5.60 Å². The van der Waals surface area contributed by atoms with Crippen molar-refractivity contribution in [3.8, 4) is 0 Å². The van der Waals surface area contributed by atoms with Crippen LogP contribution in [0.4, 0.5) is 0 Å². The second-order valence-electron chi connectivity index (χ2n) is 3.25. The number of methoxy groups -OCH3 is 1. The van der Waals surface area contributed by atoms with Gasteiger partial charge in [0, 0.05) is 13.2 Å². The molecule has 3 N–H and O–H groups in total. The Kier molecular flexibility index (Phi) is 2.87. The highest BCUT2D eigenvalue weighted by Crippen LogP contribution is 2.38. The van der Waals surface area contributed by atoms with Gasteiger partial charge < -0.3 is 4.74 Å². The molecule has 1 aliphatic carbocycles. The second kappa shape index (κ2) is 3.52. The zero-order chi connectivity index (χ0) is 8.32. The highest BCUT2D eigenvalue weighted by atomic mass is 16.5. The fourth-order valence-electron chi connectivity index (χ4n) is 1.86. The van der Waals surface area contributed by atoms with Crippen LogP contribution in [0.15, 0.2) is 0 Å². The maximum Gasteiger partial charge on any atom is 0.0844 e. The van der Waals surface area contributed by atoms with Gasteiger partial charge in [0.2, 0.25) is 0 Å². The molecule has 11 heavy (non-hydrogen) atoms. The maximum absolute atomic E-state index is 5.48. The first-order valence-corrected chi connectivity index (χ1v) is 4.30. The maximum atomic E-state index is 5.48. The fourth-order valence-corrected chi connectivity index (χ4v) is 1.86. The minimum absolute atomic E-state index is 0.0451. The van der Waals surface area contributed by atoms with Gasteiger partial charge in [-0.15, -0.1) is 0 Å². The van der Waals surface area contributed by atoms with Gasteiger partial charge in [-0.1, -0.05) is 6.92 Å². The topological polar surface area (TPSA) is 47.3 Å². The molecule has 0 heterocycles. The summed E-state index contributed by atoms with van der Waals surface area (Å²) in [4.78, 5) is 0. The molecule has 1 rings (SSSR count). The molecule has 1 fully saturated rings. The van der Waals surface area contributed by atoms with Crippen molar-refractivity contribution in [3.63, 3.8) is 0 Å². The number of hydrogen-bond donors (Lipinski definition) is 2. The van der Waals surface area contributed by atoms with E-state index >= 15 is 0 Å². The molecule has 0 radical (unpaired) electrons. The molecule has 1 aliphatic rings. The third-order valence-corrected chi connectivity index (χ3v) is 2.85. The molecule has 3 heteroatoms. The fraction of sp³-hybridized carbons (Fsp3) is 1.00. The molecule has 1 saturated carbocycles. The SMILES string of the molecule is CCC(NN)C1(OC)CCC1. The van der Waals surface area contributed by atoms with E-state index in [2.05, 4.69) is 12.3 Å². The lowest BCUT2D eigenvalue weighted by Crippen LogP contribution is -2.58. The Morgan fingerprint density at radius 2 is 2.27 bits per heavy atom. The van der Waals surface area contributed by atoms with E-state index in [1.54, 1.807) is 7.11 Å². The van der Waals surface area contributed by atoms with Crippen LogP contribution in [-0.4, -0.2) is 18.8 Å². The van der Waals surface area contributed by atoms with Crippen molar-refractivity contribution in [3.05, 3.63) is 0 Å². The van der Waals surface area contributed by atoms with Crippen LogP contribution in [0.2, 0.25) is 0 Å². The molecule has 1 unspecified atom stereocenters. The zero-order valence-corrected chi connectivity index (χ0v) is 7.39. The van der Waals surface area contributed by atoms with Gasteiger partial charge in [-0.2, -0.15) is 0 Å². The molecule has 0 aromatic heterocycles. The van der Waals surface area contributed by atoms with E-state index in [9.17, 15) is 0 Å². The Morgan fingerprint density at radius 3 is 2.36 bits per heavy atom. The predicted molar refractivity (Wildman–Crippen MR) is 45.0 cm³/mol. The third kappa shape index (κ3) is 1.41. The molecular formula is C8H18N2O. The van der Waals surface area contributed by atoms with Gasteiger partial charge in [0.15, 0.2) is 0 Å². The van der Waals surface area contributed by atoms with Crippen molar-refractivity contribution >= 4 is 0 Å². The van der Waals surface area contributed by atoms with E-state index in [0.29, 0.717) is 6.04 Å². The van der Waals surface area contributed by atoms with Gasteiger partial charge in [-0.3, -0.25) is 11.3 Å². The first-order valence-electron chi connectivity index (χ1n) is 4.30. The van der Waals surface area contributed by atoms with Crippen LogP contribution in [0.1, 0.15) is 32.6 Å². The zero-order valence-electron chi connectivity index (χ0n) is 7.39. The molecule has 0 aliphatic heterocycles. The Bertz CT molecular complexity index is 114. The number of hydrogen-bond acceptors (Lipinski definition) is 3. The summed E-state index contributed by atoms with van der Waals surface area (Å²) in [7, 11) is 1.78. The molecule has 0 aromatic rings. The van der Waals surface area contributed by atoms with Crippen molar-refractivity contribution in [1.82, 2.24) is 5.43 Å². The summed E-state index contributed by atoms with van der Waals surface area (Å²) in [5.41, 5.74) is 2.87. The average molecular weight is 158 g/mol. The van der Waals surface area contributed by atoms with Crippen LogP contribution < -0.4 is 11.3 Å². The summed E-state index contributed by atoms with van der Waals surface area (Å²) >= 11 is 0. The number of rotatable bonds is 4. The summed E-state index contributed by atoms with van der Waals surface area (Å²) < 4.78 is 5.48. The van der Waals surface area contributed by atoms with Gasteiger partial charge in [0.25, 0.3) is 0 Å². The summed E-state index contributed by atoms with van der Waals surface area (Å²) in [6.07, 6.45) is 4.59. The molecule has 3 nitrogen and oxygen atoms in total. The van der Waals surface area contributed by atoms with Crippen LogP contribution >= 0.6 is 0 Å². The minimum atomic E-state index is 0.0451. The van der Waals surface area contributed by atoms with Crippen molar-refractivity contribution in [2.45, 2.75) is 44.2 Å². The van der Waals surface area contributed by atoms with E-state index in [-0.39, 0.29) is 5.60 Å². The highest BCUT2D eigenvalue weighted by molar-refractivity contribution is 4.98. The highest BCUT2D eigenvalue weighted by Gasteiger charge is 2.43.